The van der Waals surface area contributed by atoms with Crippen molar-refractivity contribution in [1.29, 1.82) is 0 Å². The minimum absolute atomic E-state index is 0.0647. The summed E-state index contributed by atoms with van der Waals surface area (Å²) in [5.74, 6) is -0.125. The summed E-state index contributed by atoms with van der Waals surface area (Å²) in [4.78, 5) is 18.4. The number of rotatable bonds is 3. The first-order valence-corrected chi connectivity index (χ1v) is 8.17. The van der Waals surface area contributed by atoms with Crippen LogP contribution >= 0.6 is 39.9 Å². The van der Waals surface area contributed by atoms with Crippen molar-refractivity contribution in [3.05, 3.63) is 43.8 Å². The maximum Gasteiger partial charge on any atom is 0.252 e. The average molecular weight is 371 g/mol. The smallest absolute Gasteiger partial charge is 0.252 e. The number of benzene rings is 1. The molecule has 20 heavy (non-hydrogen) atoms. The second kappa shape index (κ2) is 6.28. The second-order valence-corrected chi connectivity index (χ2v) is 7.17. The fraction of sp³-hybridized carbons (Fsp3) is 0.286. The highest BCUT2D eigenvalue weighted by molar-refractivity contribution is 9.10. The molecule has 0 saturated carbocycles. The number of thiazole rings is 1. The van der Waals surface area contributed by atoms with Crippen molar-refractivity contribution in [3.8, 4) is 0 Å². The predicted molar refractivity (Wildman–Crippen MR) is 88.9 cm³/mol. The standard InChI is InChI=1S/C14H15BrN2OS2/c1-7-13(20-9(3)16-7)8(2)17-14(18)11-5-4-10(15)6-12(11)19/h4-6,8,19H,1-3H3,(H,17,18). The summed E-state index contributed by atoms with van der Waals surface area (Å²) in [6.07, 6.45) is 0. The Bertz CT molecular complexity index is 655. The van der Waals surface area contributed by atoms with Gasteiger partial charge in [-0.15, -0.1) is 24.0 Å². The quantitative estimate of drug-likeness (QED) is 0.790. The number of carbonyl (C=O) groups excluding carboxylic acids is 1. The molecule has 0 aliphatic rings. The number of thiol groups is 1. The van der Waals surface area contributed by atoms with E-state index in [4.69, 9.17) is 0 Å². The van der Waals surface area contributed by atoms with Crippen LogP contribution in [0.2, 0.25) is 0 Å². The van der Waals surface area contributed by atoms with Gasteiger partial charge in [-0.1, -0.05) is 15.9 Å². The number of hydrogen-bond acceptors (Lipinski definition) is 4. The number of aromatic nitrogens is 1. The van der Waals surface area contributed by atoms with Gasteiger partial charge in [0.25, 0.3) is 5.91 Å². The normalized spacial score (nSPS) is 12.2. The summed E-state index contributed by atoms with van der Waals surface area (Å²) in [7, 11) is 0. The zero-order valence-corrected chi connectivity index (χ0v) is 14.7. The van der Waals surface area contributed by atoms with Gasteiger partial charge in [0.2, 0.25) is 0 Å². The molecule has 106 valence electrons. The molecule has 1 heterocycles. The van der Waals surface area contributed by atoms with Crippen molar-refractivity contribution in [1.82, 2.24) is 10.3 Å². The number of carbonyl (C=O) groups is 1. The van der Waals surface area contributed by atoms with Crippen LogP contribution in [-0.4, -0.2) is 10.9 Å². The SMILES string of the molecule is Cc1nc(C)c(C(C)NC(=O)c2ccc(Br)cc2S)s1. The fourth-order valence-corrected chi connectivity index (χ4v) is 3.77. The third-order valence-corrected chi connectivity index (χ3v) is 5.00. The summed E-state index contributed by atoms with van der Waals surface area (Å²) in [5.41, 5.74) is 1.55. The van der Waals surface area contributed by atoms with Gasteiger partial charge in [-0.3, -0.25) is 4.79 Å². The van der Waals surface area contributed by atoms with Crippen LogP contribution in [-0.2, 0) is 0 Å². The highest BCUT2D eigenvalue weighted by Gasteiger charge is 2.17. The van der Waals surface area contributed by atoms with Crippen LogP contribution in [0.3, 0.4) is 0 Å². The molecule has 0 spiro atoms. The topological polar surface area (TPSA) is 42.0 Å². The molecule has 0 aliphatic heterocycles. The van der Waals surface area contributed by atoms with E-state index in [0.29, 0.717) is 10.5 Å². The van der Waals surface area contributed by atoms with E-state index in [-0.39, 0.29) is 11.9 Å². The Morgan fingerprint density at radius 2 is 2.15 bits per heavy atom. The first-order valence-electron chi connectivity index (χ1n) is 6.11. The largest absolute Gasteiger partial charge is 0.345 e. The zero-order valence-electron chi connectivity index (χ0n) is 11.4. The Hall–Kier alpha value is -0.850. The summed E-state index contributed by atoms with van der Waals surface area (Å²) in [6, 6.07) is 5.34. The number of halogens is 1. The fourth-order valence-electron chi connectivity index (χ4n) is 1.99. The molecule has 1 N–H and O–H groups in total. The third-order valence-electron chi connectivity index (χ3n) is 2.88. The molecule has 0 aliphatic carbocycles. The highest BCUT2D eigenvalue weighted by atomic mass is 79.9. The van der Waals surface area contributed by atoms with E-state index >= 15 is 0 Å². The number of nitrogens with one attached hydrogen (secondary N) is 1. The van der Waals surface area contributed by atoms with Gasteiger partial charge < -0.3 is 5.32 Å². The van der Waals surface area contributed by atoms with E-state index in [1.807, 2.05) is 32.9 Å². The molecule has 1 aromatic heterocycles. The molecule has 3 nitrogen and oxygen atoms in total. The Kier molecular flexibility index (Phi) is 4.88. The first kappa shape index (κ1) is 15.5. The molecule has 0 saturated heterocycles. The van der Waals surface area contributed by atoms with Crippen LogP contribution in [0.4, 0.5) is 0 Å². The van der Waals surface area contributed by atoms with Crippen LogP contribution in [0.25, 0.3) is 0 Å². The molecule has 1 unspecified atom stereocenters. The number of hydrogen-bond donors (Lipinski definition) is 2. The van der Waals surface area contributed by atoms with Crippen LogP contribution in [0.15, 0.2) is 27.6 Å². The van der Waals surface area contributed by atoms with E-state index in [0.717, 1.165) is 20.1 Å². The van der Waals surface area contributed by atoms with Crippen molar-refractivity contribution in [2.45, 2.75) is 31.7 Å². The molecule has 0 fully saturated rings. The van der Waals surface area contributed by atoms with Gasteiger partial charge in [-0.05, 0) is 39.0 Å². The first-order chi connectivity index (χ1) is 9.38. The van der Waals surface area contributed by atoms with E-state index < -0.39 is 0 Å². The Morgan fingerprint density at radius 1 is 1.45 bits per heavy atom. The van der Waals surface area contributed by atoms with Crippen LogP contribution < -0.4 is 5.32 Å². The van der Waals surface area contributed by atoms with Crippen LogP contribution in [0, 0.1) is 13.8 Å². The Balaban J connectivity index is 2.17. The summed E-state index contributed by atoms with van der Waals surface area (Å²) in [6.45, 7) is 5.90. The van der Waals surface area contributed by atoms with Gasteiger partial charge in [-0.25, -0.2) is 4.98 Å². The summed E-state index contributed by atoms with van der Waals surface area (Å²) < 4.78 is 0.904. The van der Waals surface area contributed by atoms with Crippen molar-refractivity contribution in [2.75, 3.05) is 0 Å². The molecule has 6 heteroatoms. The molecular weight excluding hydrogens is 356 g/mol. The molecule has 0 radical (unpaired) electrons. The number of aryl methyl sites for hydroxylation is 2. The molecule has 1 amide bonds. The van der Waals surface area contributed by atoms with Gasteiger partial charge in [0.05, 0.1) is 22.3 Å². The van der Waals surface area contributed by atoms with Crippen molar-refractivity contribution in [2.24, 2.45) is 0 Å². The van der Waals surface area contributed by atoms with Crippen LogP contribution in [0.5, 0.6) is 0 Å². The lowest BCUT2D eigenvalue weighted by atomic mass is 10.2. The van der Waals surface area contributed by atoms with Gasteiger partial charge in [0.15, 0.2) is 0 Å². The van der Waals surface area contributed by atoms with E-state index in [2.05, 4.69) is 38.9 Å². The van der Waals surface area contributed by atoms with E-state index in [9.17, 15) is 4.79 Å². The van der Waals surface area contributed by atoms with Gasteiger partial charge in [-0.2, -0.15) is 0 Å². The molecular formula is C14H15BrN2OS2. The lowest BCUT2D eigenvalue weighted by Gasteiger charge is -2.14. The maximum atomic E-state index is 12.3. The average Bonchev–Trinajstić information content (AvgIpc) is 2.68. The van der Waals surface area contributed by atoms with E-state index in [1.54, 1.807) is 17.4 Å². The summed E-state index contributed by atoms with van der Waals surface area (Å²) in [5, 5.41) is 4.01. The molecule has 0 bridgehead atoms. The minimum Gasteiger partial charge on any atom is -0.345 e. The number of nitrogens with zero attached hydrogens (tertiary/aromatic N) is 1. The Morgan fingerprint density at radius 3 is 2.70 bits per heavy atom. The maximum absolute atomic E-state index is 12.3. The van der Waals surface area contributed by atoms with Gasteiger partial charge in [0.1, 0.15) is 0 Å². The second-order valence-electron chi connectivity index (χ2n) is 4.54. The number of amides is 1. The molecule has 2 rings (SSSR count). The zero-order chi connectivity index (χ0) is 14.9. The summed E-state index contributed by atoms with van der Waals surface area (Å²) >= 11 is 9.31. The minimum atomic E-state index is -0.125. The van der Waals surface area contributed by atoms with Crippen molar-refractivity contribution >= 4 is 45.8 Å². The lowest BCUT2D eigenvalue weighted by molar-refractivity contribution is 0.0937. The van der Waals surface area contributed by atoms with Crippen molar-refractivity contribution in [3.63, 3.8) is 0 Å². The van der Waals surface area contributed by atoms with Crippen molar-refractivity contribution < 1.29 is 4.79 Å². The monoisotopic (exact) mass is 370 g/mol. The van der Waals surface area contributed by atoms with Gasteiger partial charge >= 0.3 is 0 Å². The molecule has 1 atom stereocenters. The van der Waals surface area contributed by atoms with E-state index in [1.165, 1.54) is 0 Å². The highest BCUT2D eigenvalue weighted by Crippen LogP contribution is 2.25. The Labute approximate surface area is 136 Å². The van der Waals surface area contributed by atoms with Crippen LogP contribution in [0.1, 0.15) is 38.9 Å². The molecule has 1 aromatic carbocycles. The molecule has 2 aromatic rings. The van der Waals surface area contributed by atoms with Gasteiger partial charge in [0, 0.05) is 14.2 Å². The predicted octanol–water partition coefficient (Wildman–Crippen LogP) is 4.30. The third kappa shape index (κ3) is 3.42. The lowest BCUT2D eigenvalue weighted by Crippen LogP contribution is -2.26.